The summed E-state index contributed by atoms with van der Waals surface area (Å²) in [7, 11) is 0. The molecule has 1 heterocycles. The number of fused-ring (bicyclic) bond motifs is 1. The average Bonchev–Trinajstić information content (AvgIpc) is 2.55. The Balaban J connectivity index is 2.93. The van der Waals surface area contributed by atoms with Gasteiger partial charge in [-0.05, 0) is 6.07 Å². The van der Waals surface area contributed by atoms with Crippen molar-refractivity contribution in [3.05, 3.63) is 43.1 Å². The highest BCUT2D eigenvalue weighted by molar-refractivity contribution is 5.78. The summed E-state index contributed by atoms with van der Waals surface area (Å²) in [4.78, 5) is 36.8. The van der Waals surface area contributed by atoms with Gasteiger partial charge < -0.3 is 0 Å². The number of benzene rings is 1. The number of nitrogens with zero attached hydrogens (tertiary/aromatic N) is 4. The number of carbonyl (C=O) groups excluding carboxylic acids is 1. The number of rotatable bonds is 2. The van der Waals surface area contributed by atoms with Crippen LogP contribution in [0.2, 0.25) is 0 Å². The number of carbonyl (C=O) groups is 1. The molecule has 0 atom stereocenters. The first-order chi connectivity index (χ1) is 7.50. The normalized spacial score (nSPS) is 12.6. The molecule has 1 aromatic rings. The van der Waals surface area contributed by atoms with Gasteiger partial charge in [-0.15, -0.1) is 0 Å². The van der Waals surface area contributed by atoms with Gasteiger partial charge in [-0.2, -0.15) is 9.98 Å². The van der Waals surface area contributed by atoms with E-state index in [1.54, 1.807) is 0 Å². The molecule has 9 nitrogen and oxygen atoms in total. The quantitative estimate of drug-likeness (QED) is 0.508. The van der Waals surface area contributed by atoms with Crippen molar-refractivity contribution in [2.45, 2.75) is 0 Å². The van der Waals surface area contributed by atoms with Crippen LogP contribution in [0.1, 0.15) is 0 Å². The Morgan fingerprint density at radius 3 is 2.31 bits per heavy atom. The van der Waals surface area contributed by atoms with Crippen molar-refractivity contribution in [1.82, 2.24) is 0 Å². The molecule has 0 bridgehead atoms. The minimum Gasteiger partial charge on any atom is -0.258 e. The maximum absolute atomic E-state index is 10.8. The van der Waals surface area contributed by atoms with Crippen LogP contribution < -0.4 is 10.7 Å². The Kier molecular flexibility index (Phi) is 1.94. The van der Waals surface area contributed by atoms with E-state index < -0.39 is 27.3 Å². The smallest absolute Gasteiger partial charge is 0.258 e. The summed E-state index contributed by atoms with van der Waals surface area (Å²) in [6.45, 7) is 0. The predicted octanol–water partition coefficient (Wildman–Crippen LogP) is -0.124. The van der Waals surface area contributed by atoms with Gasteiger partial charge in [0.05, 0.1) is 9.85 Å². The molecule has 1 aliphatic heterocycles. The lowest BCUT2D eigenvalue weighted by Crippen LogP contribution is -2.25. The number of hydrogen-bond donors (Lipinski definition) is 0. The van der Waals surface area contributed by atoms with Crippen LogP contribution >= 0.6 is 0 Å². The SMILES string of the molecule is O=C1N=c2ccc([N+](=O)[O-])c([N+](=O)[O-])c2=N1. The van der Waals surface area contributed by atoms with E-state index in [0.717, 1.165) is 12.1 Å². The van der Waals surface area contributed by atoms with Crippen LogP contribution in [0.3, 0.4) is 0 Å². The summed E-state index contributed by atoms with van der Waals surface area (Å²) < 4.78 is 0. The third-order valence-corrected chi connectivity index (χ3v) is 1.91. The lowest BCUT2D eigenvalue weighted by atomic mass is 10.2. The molecule has 80 valence electrons. The topological polar surface area (TPSA) is 128 Å². The summed E-state index contributed by atoms with van der Waals surface area (Å²) >= 11 is 0. The van der Waals surface area contributed by atoms with E-state index in [-0.39, 0.29) is 10.7 Å². The Labute approximate surface area is 86.0 Å². The fourth-order valence-electron chi connectivity index (χ4n) is 1.31. The lowest BCUT2D eigenvalue weighted by Gasteiger charge is -1.92. The Bertz CT molecular complexity index is 649. The highest BCUT2D eigenvalue weighted by Gasteiger charge is 2.29. The van der Waals surface area contributed by atoms with Crippen molar-refractivity contribution in [2.75, 3.05) is 0 Å². The molecule has 0 radical (unpaired) electrons. The highest BCUT2D eigenvalue weighted by atomic mass is 16.6. The van der Waals surface area contributed by atoms with E-state index in [1.165, 1.54) is 0 Å². The first kappa shape index (κ1) is 9.83. The van der Waals surface area contributed by atoms with Crippen molar-refractivity contribution in [3.8, 4) is 0 Å². The number of amides is 2. The van der Waals surface area contributed by atoms with E-state index in [9.17, 15) is 25.0 Å². The molecule has 9 heteroatoms. The molecule has 0 aliphatic carbocycles. The molecule has 1 aliphatic rings. The Morgan fingerprint density at radius 2 is 1.75 bits per heavy atom. The van der Waals surface area contributed by atoms with Gasteiger partial charge >= 0.3 is 17.4 Å². The second kappa shape index (κ2) is 3.15. The van der Waals surface area contributed by atoms with Crippen molar-refractivity contribution >= 4 is 17.4 Å². The molecule has 0 spiro atoms. The zero-order valence-corrected chi connectivity index (χ0v) is 7.48. The van der Waals surface area contributed by atoms with E-state index >= 15 is 0 Å². The van der Waals surface area contributed by atoms with Crippen molar-refractivity contribution in [2.24, 2.45) is 9.98 Å². The fraction of sp³-hybridized carbons (Fsp3) is 0. The first-order valence-corrected chi connectivity index (χ1v) is 3.94. The van der Waals surface area contributed by atoms with Crippen LogP contribution in [0.4, 0.5) is 16.2 Å². The molecule has 2 rings (SSSR count). The van der Waals surface area contributed by atoms with Gasteiger partial charge in [-0.3, -0.25) is 20.2 Å². The maximum atomic E-state index is 10.8. The zero-order valence-electron chi connectivity index (χ0n) is 7.48. The fourth-order valence-corrected chi connectivity index (χ4v) is 1.31. The summed E-state index contributed by atoms with van der Waals surface area (Å²) in [6, 6.07) is 1.17. The van der Waals surface area contributed by atoms with Gasteiger partial charge in [-0.1, -0.05) is 0 Å². The lowest BCUT2D eigenvalue weighted by molar-refractivity contribution is -0.423. The van der Waals surface area contributed by atoms with Gasteiger partial charge in [0, 0.05) is 6.07 Å². The second-order valence-electron chi connectivity index (χ2n) is 2.82. The van der Waals surface area contributed by atoms with Crippen LogP contribution in [-0.4, -0.2) is 15.9 Å². The standard InChI is InChI=1S/C7H2N4O5/c12-7-8-3-1-2-4(10(13)14)6(11(15)16)5(3)9-7/h1-2H. The maximum Gasteiger partial charge on any atom is 0.373 e. The first-order valence-electron chi connectivity index (χ1n) is 3.94. The molecular weight excluding hydrogens is 220 g/mol. The molecule has 2 amide bonds. The van der Waals surface area contributed by atoms with Crippen LogP contribution in [0.5, 0.6) is 0 Å². The number of hydrogen-bond acceptors (Lipinski definition) is 5. The van der Waals surface area contributed by atoms with Gasteiger partial charge in [0.25, 0.3) is 0 Å². The third kappa shape index (κ3) is 1.30. The predicted molar refractivity (Wildman–Crippen MR) is 47.5 cm³/mol. The Hall–Kier alpha value is -2.71. The molecule has 1 aromatic carbocycles. The third-order valence-electron chi connectivity index (χ3n) is 1.91. The van der Waals surface area contributed by atoms with Gasteiger partial charge in [-0.25, -0.2) is 4.79 Å². The monoisotopic (exact) mass is 222 g/mol. The van der Waals surface area contributed by atoms with Gasteiger partial charge in [0.2, 0.25) is 0 Å². The Morgan fingerprint density at radius 1 is 1.06 bits per heavy atom. The van der Waals surface area contributed by atoms with E-state index in [0.29, 0.717) is 0 Å². The second-order valence-corrected chi connectivity index (χ2v) is 2.82. The molecule has 0 N–H and O–H groups in total. The van der Waals surface area contributed by atoms with E-state index in [2.05, 4.69) is 9.98 Å². The molecule has 0 unspecified atom stereocenters. The number of nitro benzene ring substituents is 2. The molecular formula is C7H2N4O5. The number of nitro groups is 2. The van der Waals surface area contributed by atoms with Crippen LogP contribution in [-0.2, 0) is 0 Å². The molecule has 0 fully saturated rings. The molecule has 0 saturated heterocycles. The molecule has 16 heavy (non-hydrogen) atoms. The zero-order chi connectivity index (χ0) is 11.9. The van der Waals surface area contributed by atoms with Crippen LogP contribution in [0.15, 0.2) is 22.1 Å². The van der Waals surface area contributed by atoms with Crippen molar-refractivity contribution in [1.29, 1.82) is 0 Å². The summed E-state index contributed by atoms with van der Waals surface area (Å²) in [5.74, 6) is 0. The van der Waals surface area contributed by atoms with Gasteiger partial charge in [0.1, 0.15) is 5.36 Å². The van der Waals surface area contributed by atoms with Gasteiger partial charge in [0.15, 0.2) is 5.36 Å². The van der Waals surface area contributed by atoms with Crippen LogP contribution in [0.25, 0.3) is 0 Å². The molecule has 0 aromatic heterocycles. The summed E-state index contributed by atoms with van der Waals surface area (Å²) in [5, 5.41) is 20.8. The average molecular weight is 222 g/mol. The minimum atomic E-state index is -0.950. The van der Waals surface area contributed by atoms with E-state index in [1.807, 2.05) is 0 Å². The summed E-state index contributed by atoms with van der Waals surface area (Å²) in [5.41, 5.74) is -1.52. The highest BCUT2D eigenvalue weighted by Crippen LogP contribution is 2.20. The van der Waals surface area contributed by atoms with E-state index in [4.69, 9.17) is 0 Å². The number of urea groups is 1. The van der Waals surface area contributed by atoms with Crippen molar-refractivity contribution < 1.29 is 14.6 Å². The molecule has 0 saturated carbocycles. The van der Waals surface area contributed by atoms with Crippen LogP contribution in [0, 0.1) is 20.2 Å². The summed E-state index contributed by atoms with van der Waals surface area (Å²) in [6.07, 6.45) is 0. The largest absolute Gasteiger partial charge is 0.373 e. The minimum absolute atomic E-state index is 0.0256. The van der Waals surface area contributed by atoms with Crippen molar-refractivity contribution in [3.63, 3.8) is 0 Å².